The SMILES string of the molecule is Cc1ccc(CCC(C)(c2ccccc2S)c2cccc3ccccc23)c(C)c1. The molecule has 29 heavy (non-hydrogen) atoms. The molecule has 0 fully saturated rings. The molecule has 1 heteroatoms. The van der Waals surface area contributed by atoms with Gasteiger partial charge in [-0.05, 0) is 65.8 Å². The Kier molecular flexibility index (Phi) is 5.52. The normalized spacial score (nSPS) is 13.4. The number of rotatable bonds is 5. The van der Waals surface area contributed by atoms with E-state index in [4.69, 9.17) is 12.6 Å². The van der Waals surface area contributed by atoms with E-state index in [-0.39, 0.29) is 5.41 Å². The fourth-order valence-corrected chi connectivity index (χ4v) is 4.98. The van der Waals surface area contributed by atoms with Gasteiger partial charge in [0.1, 0.15) is 0 Å². The van der Waals surface area contributed by atoms with Crippen LogP contribution in [0.1, 0.15) is 41.2 Å². The fourth-order valence-electron chi connectivity index (χ4n) is 4.57. The zero-order valence-corrected chi connectivity index (χ0v) is 18.3. The van der Waals surface area contributed by atoms with Crippen molar-refractivity contribution < 1.29 is 0 Å². The molecular formula is C28H28S. The minimum absolute atomic E-state index is 0.128. The second-order valence-corrected chi connectivity index (χ2v) is 8.79. The quantitative estimate of drug-likeness (QED) is 0.328. The smallest absolute Gasteiger partial charge is 0.0195 e. The molecule has 0 heterocycles. The number of fused-ring (bicyclic) bond motifs is 1. The molecule has 0 amide bonds. The Bertz CT molecular complexity index is 1150. The molecule has 0 aliphatic heterocycles. The summed E-state index contributed by atoms with van der Waals surface area (Å²) in [6.07, 6.45) is 2.07. The van der Waals surface area contributed by atoms with Gasteiger partial charge in [-0.1, -0.05) is 91.3 Å². The predicted octanol–water partition coefficient (Wildman–Crippen LogP) is 7.68. The molecule has 0 radical (unpaired) electrons. The molecular weight excluding hydrogens is 368 g/mol. The van der Waals surface area contributed by atoms with Gasteiger partial charge in [-0.15, -0.1) is 12.6 Å². The first kappa shape index (κ1) is 19.8. The van der Waals surface area contributed by atoms with Crippen molar-refractivity contribution in [1.29, 1.82) is 0 Å². The number of aryl methyl sites for hydroxylation is 3. The van der Waals surface area contributed by atoms with E-state index in [0.29, 0.717) is 0 Å². The van der Waals surface area contributed by atoms with Gasteiger partial charge < -0.3 is 0 Å². The highest BCUT2D eigenvalue weighted by Crippen LogP contribution is 2.42. The lowest BCUT2D eigenvalue weighted by atomic mass is 9.70. The van der Waals surface area contributed by atoms with Gasteiger partial charge in [-0.2, -0.15) is 0 Å². The second kappa shape index (κ2) is 8.08. The molecule has 4 aromatic carbocycles. The summed E-state index contributed by atoms with van der Waals surface area (Å²) >= 11 is 4.85. The largest absolute Gasteiger partial charge is 0.143 e. The van der Waals surface area contributed by atoms with Gasteiger partial charge in [-0.25, -0.2) is 0 Å². The summed E-state index contributed by atoms with van der Waals surface area (Å²) in [5.41, 5.74) is 6.68. The molecule has 0 saturated heterocycles. The highest BCUT2D eigenvalue weighted by atomic mass is 32.1. The third kappa shape index (κ3) is 3.84. The number of benzene rings is 4. The highest BCUT2D eigenvalue weighted by molar-refractivity contribution is 7.80. The van der Waals surface area contributed by atoms with Crippen molar-refractivity contribution in [3.8, 4) is 0 Å². The first-order chi connectivity index (χ1) is 14.0. The van der Waals surface area contributed by atoms with Gasteiger partial charge in [0.2, 0.25) is 0 Å². The summed E-state index contributed by atoms with van der Waals surface area (Å²) in [7, 11) is 0. The summed E-state index contributed by atoms with van der Waals surface area (Å²) in [6.45, 7) is 6.77. The number of hydrogen-bond acceptors (Lipinski definition) is 1. The van der Waals surface area contributed by atoms with Crippen molar-refractivity contribution in [1.82, 2.24) is 0 Å². The monoisotopic (exact) mass is 396 g/mol. The first-order valence-electron chi connectivity index (χ1n) is 10.3. The summed E-state index contributed by atoms with van der Waals surface area (Å²) in [5, 5.41) is 2.62. The second-order valence-electron chi connectivity index (χ2n) is 8.31. The summed E-state index contributed by atoms with van der Waals surface area (Å²) in [5.74, 6) is 0. The van der Waals surface area contributed by atoms with Crippen LogP contribution in [-0.4, -0.2) is 0 Å². The van der Waals surface area contributed by atoms with Crippen LogP contribution in [0.4, 0.5) is 0 Å². The van der Waals surface area contributed by atoms with Crippen LogP contribution in [-0.2, 0) is 11.8 Å². The summed E-state index contributed by atoms with van der Waals surface area (Å²) in [6, 6.07) is 30.8. The Hall–Kier alpha value is -2.51. The van der Waals surface area contributed by atoms with Gasteiger partial charge in [0.25, 0.3) is 0 Å². The summed E-state index contributed by atoms with van der Waals surface area (Å²) < 4.78 is 0. The molecule has 0 aliphatic carbocycles. The molecule has 0 aliphatic rings. The lowest BCUT2D eigenvalue weighted by Crippen LogP contribution is -2.26. The number of hydrogen-bond donors (Lipinski definition) is 1. The summed E-state index contributed by atoms with van der Waals surface area (Å²) in [4.78, 5) is 1.06. The van der Waals surface area contributed by atoms with Crippen LogP contribution in [0.3, 0.4) is 0 Å². The van der Waals surface area contributed by atoms with Gasteiger partial charge in [0, 0.05) is 10.3 Å². The lowest BCUT2D eigenvalue weighted by Gasteiger charge is -2.34. The average molecular weight is 397 g/mol. The Morgan fingerprint density at radius 1 is 0.759 bits per heavy atom. The van der Waals surface area contributed by atoms with Crippen LogP contribution >= 0.6 is 12.6 Å². The molecule has 0 N–H and O–H groups in total. The van der Waals surface area contributed by atoms with Crippen LogP contribution in [0.25, 0.3) is 10.8 Å². The van der Waals surface area contributed by atoms with Crippen LogP contribution < -0.4 is 0 Å². The minimum atomic E-state index is -0.128. The van der Waals surface area contributed by atoms with E-state index in [2.05, 4.69) is 106 Å². The minimum Gasteiger partial charge on any atom is -0.143 e. The maximum Gasteiger partial charge on any atom is 0.0195 e. The molecule has 146 valence electrons. The first-order valence-corrected chi connectivity index (χ1v) is 10.8. The molecule has 0 nitrogen and oxygen atoms in total. The molecule has 1 unspecified atom stereocenters. The van der Waals surface area contributed by atoms with Crippen molar-refractivity contribution in [2.75, 3.05) is 0 Å². The molecule has 4 aromatic rings. The standard InChI is InChI=1S/C28H28S/c1-20-15-16-22(21(2)19-20)17-18-28(3,26-12-6-7-14-27(26)29)25-13-8-10-23-9-4-5-11-24(23)25/h4-16,19,29H,17-18H2,1-3H3. The van der Waals surface area contributed by atoms with Crippen LogP contribution in [0.15, 0.2) is 89.8 Å². The number of thiol groups is 1. The van der Waals surface area contributed by atoms with Crippen LogP contribution in [0.2, 0.25) is 0 Å². The zero-order valence-electron chi connectivity index (χ0n) is 17.4. The Morgan fingerprint density at radius 2 is 1.45 bits per heavy atom. The fraction of sp³-hybridized carbons (Fsp3) is 0.214. The highest BCUT2D eigenvalue weighted by Gasteiger charge is 2.31. The topological polar surface area (TPSA) is 0 Å². The van der Waals surface area contributed by atoms with E-state index < -0.39 is 0 Å². The lowest BCUT2D eigenvalue weighted by molar-refractivity contribution is 0.515. The van der Waals surface area contributed by atoms with Crippen molar-refractivity contribution in [2.45, 2.75) is 43.9 Å². The van der Waals surface area contributed by atoms with E-state index in [9.17, 15) is 0 Å². The Labute approximate surface area is 180 Å². The van der Waals surface area contributed by atoms with Crippen LogP contribution in [0.5, 0.6) is 0 Å². The third-order valence-corrected chi connectivity index (χ3v) is 6.67. The third-order valence-electron chi connectivity index (χ3n) is 6.28. The van der Waals surface area contributed by atoms with E-state index in [1.807, 2.05) is 0 Å². The van der Waals surface area contributed by atoms with Crippen molar-refractivity contribution in [2.24, 2.45) is 0 Å². The van der Waals surface area contributed by atoms with E-state index in [0.717, 1.165) is 17.7 Å². The maximum absolute atomic E-state index is 4.85. The van der Waals surface area contributed by atoms with E-state index >= 15 is 0 Å². The van der Waals surface area contributed by atoms with Crippen molar-refractivity contribution in [3.05, 3.63) is 113 Å². The molecule has 0 saturated carbocycles. The molecule has 0 bridgehead atoms. The van der Waals surface area contributed by atoms with E-state index in [1.54, 1.807) is 0 Å². The van der Waals surface area contributed by atoms with Crippen molar-refractivity contribution >= 4 is 23.4 Å². The molecule has 0 spiro atoms. The molecule has 4 rings (SSSR count). The van der Waals surface area contributed by atoms with Gasteiger partial charge in [0.15, 0.2) is 0 Å². The molecule has 0 aromatic heterocycles. The van der Waals surface area contributed by atoms with Crippen LogP contribution in [0, 0.1) is 13.8 Å². The van der Waals surface area contributed by atoms with Gasteiger partial charge in [0.05, 0.1) is 0 Å². The van der Waals surface area contributed by atoms with Gasteiger partial charge in [-0.3, -0.25) is 0 Å². The Balaban J connectivity index is 1.85. The maximum atomic E-state index is 4.85. The van der Waals surface area contributed by atoms with Gasteiger partial charge >= 0.3 is 0 Å². The predicted molar refractivity (Wildman–Crippen MR) is 128 cm³/mol. The average Bonchev–Trinajstić information content (AvgIpc) is 2.73. The van der Waals surface area contributed by atoms with E-state index in [1.165, 1.54) is 38.6 Å². The molecule has 1 atom stereocenters. The van der Waals surface area contributed by atoms with Crippen molar-refractivity contribution in [3.63, 3.8) is 0 Å². The Morgan fingerprint density at radius 3 is 2.24 bits per heavy atom. The zero-order chi connectivity index (χ0) is 20.4.